The fraction of sp³-hybridized carbons (Fsp3) is 0.632. The van der Waals surface area contributed by atoms with Crippen molar-refractivity contribution in [2.45, 2.75) is 46.0 Å². The molecule has 0 aliphatic carbocycles. The van der Waals surface area contributed by atoms with Gasteiger partial charge in [-0.1, -0.05) is 26.3 Å². The Morgan fingerprint density at radius 1 is 1.19 bits per heavy atom. The van der Waals surface area contributed by atoms with Gasteiger partial charge >= 0.3 is 0 Å². The molecule has 1 aromatic rings. The second kappa shape index (κ2) is 14.1. The first-order valence-corrected chi connectivity index (χ1v) is 9.09. The van der Waals surface area contributed by atoms with Crippen LogP contribution >= 0.6 is 24.0 Å². The molecule has 7 heteroatoms. The van der Waals surface area contributed by atoms with Crippen LogP contribution in [0.3, 0.4) is 0 Å². The van der Waals surface area contributed by atoms with Gasteiger partial charge in [-0.15, -0.1) is 24.0 Å². The second-order valence-electron chi connectivity index (χ2n) is 6.33. The Morgan fingerprint density at radius 2 is 1.92 bits per heavy atom. The maximum atomic E-state index is 13.9. The maximum absolute atomic E-state index is 13.9. The highest BCUT2D eigenvalue weighted by Gasteiger charge is 2.13. The first-order chi connectivity index (χ1) is 12.0. The molecule has 0 amide bonds. The predicted molar refractivity (Wildman–Crippen MR) is 114 cm³/mol. The first kappa shape index (κ1) is 25.0. The summed E-state index contributed by atoms with van der Waals surface area (Å²) in [7, 11) is 0. The molecule has 3 N–H and O–H groups in total. The van der Waals surface area contributed by atoms with Crippen LogP contribution in [-0.2, 0) is 0 Å². The zero-order valence-corrected chi connectivity index (χ0v) is 18.2. The molecular formula is C19H32F2IN3O. The van der Waals surface area contributed by atoms with Crippen LogP contribution in [0.4, 0.5) is 8.78 Å². The van der Waals surface area contributed by atoms with Crippen LogP contribution in [0, 0.1) is 17.6 Å². The molecule has 0 heterocycles. The van der Waals surface area contributed by atoms with E-state index in [0.29, 0.717) is 30.5 Å². The number of aliphatic hydroxyl groups excluding tert-OH is 1. The lowest BCUT2D eigenvalue weighted by Gasteiger charge is -2.18. The van der Waals surface area contributed by atoms with E-state index >= 15 is 0 Å². The van der Waals surface area contributed by atoms with Crippen molar-refractivity contribution < 1.29 is 13.9 Å². The molecule has 0 saturated carbocycles. The summed E-state index contributed by atoms with van der Waals surface area (Å²) in [5, 5.41) is 15.5. The third-order valence-corrected chi connectivity index (χ3v) is 4.16. The fourth-order valence-corrected chi connectivity index (χ4v) is 2.74. The van der Waals surface area contributed by atoms with Gasteiger partial charge in [0.05, 0.1) is 0 Å². The zero-order chi connectivity index (χ0) is 18.7. The minimum absolute atomic E-state index is 0. The average Bonchev–Trinajstić information content (AvgIpc) is 2.57. The number of aliphatic hydroxyl groups is 1. The highest BCUT2D eigenvalue weighted by molar-refractivity contribution is 14.0. The summed E-state index contributed by atoms with van der Waals surface area (Å²) < 4.78 is 26.9. The van der Waals surface area contributed by atoms with Crippen molar-refractivity contribution in [1.29, 1.82) is 0 Å². The molecule has 0 aliphatic heterocycles. The molecule has 1 rings (SSSR count). The van der Waals surface area contributed by atoms with Crippen molar-refractivity contribution in [3.63, 3.8) is 0 Å². The average molecular weight is 483 g/mol. The number of hydrogen-bond donors (Lipinski definition) is 3. The molecule has 0 aliphatic rings. The van der Waals surface area contributed by atoms with Crippen LogP contribution in [0.25, 0.3) is 0 Å². The maximum Gasteiger partial charge on any atom is 0.191 e. The van der Waals surface area contributed by atoms with Gasteiger partial charge in [-0.25, -0.2) is 8.78 Å². The molecule has 1 aromatic carbocycles. The molecular weight excluding hydrogens is 451 g/mol. The fourth-order valence-electron chi connectivity index (χ4n) is 2.74. The highest BCUT2D eigenvalue weighted by atomic mass is 127. The van der Waals surface area contributed by atoms with E-state index in [-0.39, 0.29) is 36.5 Å². The number of hydrogen-bond acceptors (Lipinski definition) is 2. The van der Waals surface area contributed by atoms with Crippen LogP contribution < -0.4 is 10.6 Å². The van der Waals surface area contributed by atoms with Crippen LogP contribution in [-0.4, -0.2) is 37.3 Å². The largest absolute Gasteiger partial charge is 0.396 e. The molecule has 0 aromatic heterocycles. The minimum Gasteiger partial charge on any atom is -0.396 e. The second-order valence-corrected chi connectivity index (χ2v) is 6.33. The molecule has 0 bridgehead atoms. The summed E-state index contributed by atoms with van der Waals surface area (Å²) in [6.07, 6.45) is 2.83. The van der Waals surface area contributed by atoms with Gasteiger partial charge in [-0.3, -0.25) is 4.99 Å². The Balaban J connectivity index is 0.00000625. The van der Waals surface area contributed by atoms with E-state index in [1.54, 1.807) is 0 Å². The van der Waals surface area contributed by atoms with E-state index in [1.165, 1.54) is 12.1 Å². The van der Waals surface area contributed by atoms with Gasteiger partial charge in [-0.2, -0.15) is 0 Å². The smallest absolute Gasteiger partial charge is 0.191 e. The predicted octanol–water partition coefficient (Wildman–Crippen LogP) is 4.04. The molecule has 2 unspecified atom stereocenters. The van der Waals surface area contributed by atoms with Crippen molar-refractivity contribution in [2.24, 2.45) is 10.9 Å². The van der Waals surface area contributed by atoms with Gasteiger partial charge in [0, 0.05) is 38.2 Å². The zero-order valence-electron chi connectivity index (χ0n) is 15.9. The van der Waals surface area contributed by atoms with Crippen LogP contribution in [0.5, 0.6) is 0 Å². The molecule has 2 atom stereocenters. The quantitative estimate of drug-likeness (QED) is 0.268. The third kappa shape index (κ3) is 9.12. The summed E-state index contributed by atoms with van der Waals surface area (Å²) in [6.45, 7) is 8.02. The van der Waals surface area contributed by atoms with Gasteiger partial charge in [0.1, 0.15) is 11.6 Å². The van der Waals surface area contributed by atoms with Crippen LogP contribution in [0.15, 0.2) is 23.2 Å². The lowest BCUT2D eigenvalue weighted by molar-refractivity contribution is 0.253. The van der Waals surface area contributed by atoms with E-state index < -0.39 is 11.6 Å². The highest BCUT2D eigenvalue weighted by Crippen LogP contribution is 2.19. The summed E-state index contributed by atoms with van der Waals surface area (Å²) in [5.74, 6) is -0.175. The number of halogens is 3. The number of benzene rings is 1. The topological polar surface area (TPSA) is 56.7 Å². The molecule has 4 nitrogen and oxygen atoms in total. The van der Waals surface area contributed by atoms with Crippen molar-refractivity contribution in [2.75, 3.05) is 26.2 Å². The molecule has 0 spiro atoms. The Labute approximate surface area is 172 Å². The van der Waals surface area contributed by atoms with Gasteiger partial charge < -0.3 is 15.7 Å². The lowest BCUT2D eigenvalue weighted by atomic mass is 10.0. The summed E-state index contributed by atoms with van der Waals surface area (Å²) in [5.41, 5.74) is 0.480. The number of nitrogens with zero attached hydrogens (tertiary/aromatic N) is 1. The summed E-state index contributed by atoms with van der Waals surface area (Å²) in [4.78, 5) is 4.58. The Hall–Kier alpha value is -0.960. The van der Waals surface area contributed by atoms with E-state index in [2.05, 4.69) is 22.5 Å². The molecule has 150 valence electrons. The minimum atomic E-state index is -0.567. The number of rotatable bonds is 10. The van der Waals surface area contributed by atoms with E-state index in [4.69, 9.17) is 5.11 Å². The summed E-state index contributed by atoms with van der Waals surface area (Å²) >= 11 is 0. The SMILES string of the molecule is CCCC(CCO)CN=C(NCC)NCC(C)c1ccc(F)cc1F.I. The third-order valence-electron chi connectivity index (χ3n) is 4.16. The Morgan fingerprint density at radius 3 is 2.50 bits per heavy atom. The Kier molecular flexibility index (Phi) is 13.6. The Bertz CT molecular complexity index is 538. The number of aliphatic imine (C=N–C) groups is 1. The van der Waals surface area contributed by atoms with Crippen molar-refractivity contribution >= 4 is 29.9 Å². The van der Waals surface area contributed by atoms with Crippen LogP contribution in [0.2, 0.25) is 0 Å². The van der Waals surface area contributed by atoms with Crippen molar-refractivity contribution in [1.82, 2.24) is 10.6 Å². The summed E-state index contributed by atoms with van der Waals surface area (Å²) in [6, 6.07) is 3.67. The normalized spacial score (nSPS) is 13.7. The van der Waals surface area contributed by atoms with Crippen LogP contribution in [0.1, 0.15) is 51.5 Å². The van der Waals surface area contributed by atoms with Gasteiger partial charge in [-0.05, 0) is 37.3 Å². The molecule has 26 heavy (non-hydrogen) atoms. The number of guanidine groups is 1. The van der Waals surface area contributed by atoms with Gasteiger partial charge in [0.2, 0.25) is 0 Å². The van der Waals surface area contributed by atoms with Crippen molar-refractivity contribution in [3.05, 3.63) is 35.4 Å². The monoisotopic (exact) mass is 483 g/mol. The van der Waals surface area contributed by atoms with Gasteiger partial charge in [0.15, 0.2) is 5.96 Å². The molecule has 0 saturated heterocycles. The van der Waals surface area contributed by atoms with Gasteiger partial charge in [0.25, 0.3) is 0 Å². The van der Waals surface area contributed by atoms with E-state index in [1.807, 2.05) is 13.8 Å². The molecule has 0 fully saturated rings. The van der Waals surface area contributed by atoms with E-state index in [0.717, 1.165) is 31.9 Å². The standard InChI is InChI=1S/C19H31F2N3O.HI/c1-4-6-15(9-10-25)13-24-19(22-5-2)23-12-14(3)17-8-7-16(20)11-18(17)21;/h7-8,11,14-15,25H,4-6,9-10,12-13H2,1-3H3,(H2,22,23,24);1H. The van der Waals surface area contributed by atoms with Crippen molar-refractivity contribution in [3.8, 4) is 0 Å². The lowest BCUT2D eigenvalue weighted by Crippen LogP contribution is -2.39. The van der Waals surface area contributed by atoms with E-state index in [9.17, 15) is 8.78 Å². The first-order valence-electron chi connectivity index (χ1n) is 9.09. The molecule has 0 radical (unpaired) electrons. The number of nitrogens with one attached hydrogen (secondary N) is 2.